The molecule has 222 valence electrons. The summed E-state index contributed by atoms with van der Waals surface area (Å²) in [5.74, 6) is 0.0407. The molecule has 1 heterocycles. The van der Waals surface area contributed by atoms with E-state index in [1.54, 1.807) is 18.4 Å². The molecule has 5 nitrogen and oxygen atoms in total. The normalized spacial score (nSPS) is 13.5. The molecule has 0 saturated heterocycles. The van der Waals surface area contributed by atoms with Crippen LogP contribution in [0.2, 0.25) is 0 Å². The largest absolute Gasteiger partial charge is 0.497 e. The highest BCUT2D eigenvalue weighted by Gasteiger charge is 2.34. The maximum atomic E-state index is 13.5. The SMILES string of the molecule is COc1ccc(C(OC(=O)C(C)(C)C)c2ccccc2C(OC(=O)C(C)(C)C)c2ccc3sc4ccccc4c3c2)cc1. The highest BCUT2D eigenvalue weighted by molar-refractivity contribution is 7.25. The van der Waals surface area contributed by atoms with Crippen LogP contribution in [-0.2, 0) is 19.1 Å². The molecule has 5 rings (SSSR count). The van der Waals surface area contributed by atoms with E-state index >= 15 is 0 Å². The van der Waals surface area contributed by atoms with E-state index in [0.29, 0.717) is 5.75 Å². The predicted molar refractivity (Wildman–Crippen MR) is 174 cm³/mol. The highest BCUT2D eigenvalue weighted by Crippen LogP contribution is 2.41. The lowest BCUT2D eigenvalue weighted by molar-refractivity contribution is -0.159. The van der Waals surface area contributed by atoms with Crippen LogP contribution >= 0.6 is 11.3 Å². The summed E-state index contributed by atoms with van der Waals surface area (Å²) in [6.07, 6.45) is -1.48. The first-order valence-corrected chi connectivity index (χ1v) is 15.2. The summed E-state index contributed by atoms with van der Waals surface area (Å²) in [4.78, 5) is 26.8. The summed E-state index contributed by atoms with van der Waals surface area (Å²) in [6.45, 7) is 11.0. The van der Waals surface area contributed by atoms with Crippen molar-refractivity contribution < 1.29 is 23.8 Å². The monoisotopic (exact) mass is 594 g/mol. The van der Waals surface area contributed by atoms with Crippen molar-refractivity contribution in [2.24, 2.45) is 10.8 Å². The minimum atomic E-state index is -0.740. The number of rotatable bonds is 7. The van der Waals surface area contributed by atoms with Gasteiger partial charge in [0.2, 0.25) is 0 Å². The van der Waals surface area contributed by atoms with Crippen LogP contribution in [-0.4, -0.2) is 19.0 Å². The fourth-order valence-electron chi connectivity index (χ4n) is 4.86. The van der Waals surface area contributed by atoms with Crippen LogP contribution in [0.15, 0.2) is 91.0 Å². The van der Waals surface area contributed by atoms with Crippen molar-refractivity contribution in [3.63, 3.8) is 0 Å². The second kappa shape index (κ2) is 11.8. The zero-order valence-electron chi connectivity index (χ0n) is 25.8. The molecular weight excluding hydrogens is 556 g/mol. The van der Waals surface area contributed by atoms with Crippen LogP contribution in [0.25, 0.3) is 20.2 Å². The van der Waals surface area contributed by atoms with Gasteiger partial charge in [-0.3, -0.25) is 9.59 Å². The fraction of sp³-hybridized carbons (Fsp3) is 0.297. The Labute approximate surface area is 257 Å². The lowest BCUT2D eigenvalue weighted by Crippen LogP contribution is -2.28. The molecule has 0 fully saturated rings. The Balaban J connectivity index is 1.70. The van der Waals surface area contributed by atoms with Gasteiger partial charge in [-0.15, -0.1) is 11.3 Å². The lowest BCUT2D eigenvalue weighted by Gasteiger charge is -2.29. The predicted octanol–water partition coefficient (Wildman–Crippen LogP) is 9.42. The van der Waals surface area contributed by atoms with E-state index in [4.69, 9.17) is 14.2 Å². The van der Waals surface area contributed by atoms with Crippen molar-refractivity contribution >= 4 is 43.4 Å². The van der Waals surface area contributed by atoms with Gasteiger partial charge in [0.1, 0.15) is 5.75 Å². The number of thiophene rings is 1. The minimum absolute atomic E-state index is 0.324. The third-order valence-electron chi connectivity index (χ3n) is 7.36. The van der Waals surface area contributed by atoms with Gasteiger partial charge in [-0.25, -0.2) is 0 Å². The number of ether oxygens (including phenoxy) is 3. The molecule has 6 heteroatoms. The second-order valence-electron chi connectivity index (χ2n) is 12.8. The van der Waals surface area contributed by atoms with E-state index in [1.807, 2.05) is 108 Å². The van der Waals surface area contributed by atoms with Crippen molar-refractivity contribution in [1.29, 1.82) is 0 Å². The van der Waals surface area contributed by atoms with E-state index in [2.05, 4.69) is 24.3 Å². The maximum Gasteiger partial charge on any atom is 0.312 e. The van der Waals surface area contributed by atoms with Crippen LogP contribution in [0.5, 0.6) is 5.75 Å². The van der Waals surface area contributed by atoms with Crippen molar-refractivity contribution in [2.45, 2.75) is 53.8 Å². The summed E-state index contributed by atoms with van der Waals surface area (Å²) in [5, 5.41) is 2.27. The van der Waals surface area contributed by atoms with E-state index in [0.717, 1.165) is 37.7 Å². The number of hydrogen-bond donors (Lipinski definition) is 0. The number of carbonyl (C=O) groups is 2. The number of hydrogen-bond acceptors (Lipinski definition) is 6. The molecule has 5 aromatic rings. The number of carbonyl (C=O) groups excluding carboxylic acids is 2. The molecule has 2 unspecified atom stereocenters. The van der Waals surface area contributed by atoms with Gasteiger partial charge in [0.05, 0.1) is 17.9 Å². The topological polar surface area (TPSA) is 61.8 Å². The van der Waals surface area contributed by atoms with Crippen LogP contribution in [0.4, 0.5) is 0 Å². The Kier molecular flexibility index (Phi) is 8.35. The number of methoxy groups -OCH3 is 1. The Hall–Kier alpha value is -4.16. The maximum absolute atomic E-state index is 13.5. The zero-order chi connectivity index (χ0) is 30.9. The Morgan fingerprint density at radius 1 is 0.605 bits per heavy atom. The zero-order valence-corrected chi connectivity index (χ0v) is 26.6. The Morgan fingerprint density at radius 3 is 1.65 bits per heavy atom. The van der Waals surface area contributed by atoms with Gasteiger partial charge in [-0.1, -0.05) is 60.7 Å². The van der Waals surface area contributed by atoms with Crippen LogP contribution in [0.1, 0.15) is 76.0 Å². The minimum Gasteiger partial charge on any atom is -0.497 e. The van der Waals surface area contributed by atoms with E-state index in [-0.39, 0.29) is 11.9 Å². The number of esters is 2. The van der Waals surface area contributed by atoms with Gasteiger partial charge in [0, 0.05) is 31.3 Å². The summed E-state index contributed by atoms with van der Waals surface area (Å²) in [6, 6.07) is 29.8. The summed E-state index contributed by atoms with van der Waals surface area (Å²) >= 11 is 1.74. The van der Waals surface area contributed by atoms with Crippen molar-refractivity contribution in [3.05, 3.63) is 113 Å². The van der Waals surface area contributed by atoms with Crippen LogP contribution in [0, 0.1) is 10.8 Å². The molecule has 1 aromatic heterocycles. The Bertz CT molecular complexity index is 1770. The molecule has 0 bridgehead atoms. The van der Waals surface area contributed by atoms with Gasteiger partial charge in [-0.05, 0) is 83.0 Å². The van der Waals surface area contributed by atoms with Crippen molar-refractivity contribution in [3.8, 4) is 5.75 Å². The number of fused-ring (bicyclic) bond motifs is 3. The first-order chi connectivity index (χ1) is 20.4. The molecule has 0 radical (unpaired) electrons. The molecule has 43 heavy (non-hydrogen) atoms. The average Bonchev–Trinajstić information content (AvgIpc) is 3.35. The summed E-state index contributed by atoms with van der Waals surface area (Å²) < 4.78 is 20.4. The summed E-state index contributed by atoms with van der Waals surface area (Å²) in [7, 11) is 1.61. The molecular formula is C37H38O5S. The first kappa shape index (κ1) is 30.3. The Morgan fingerprint density at radius 2 is 1.09 bits per heavy atom. The quantitative estimate of drug-likeness (QED) is 0.176. The number of benzene rings is 4. The third-order valence-corrected chi connectivity index (χ3v) is 8.51. The molecule has 0 amide bonds. The summed E-state index contributed by atoms with van der Waals surface area (Å²) in [5.41, 5.74) is 1.68. The highest BCUT2D eigenvalue weighted by atomic mass is 32.1. The van der Waals surface area contributed by atoms with Gasteiger partial charge in [0.15, 0.2) is 12.2 Å². The van der Waals surface area contributed by atoms with Gasteiger partial charge in [-0.2, -0.15) is 0 Å². The smallest absolute Gasteiger partial charge is 0.312 e. The molecule has 0 aliphatic heterocycles. The second-order valence-corrected chi connectivity index (χ2v) is 13.9. The molecule has 0 saturated carbocycles. The van der Waals surface area contributed by atoms with E-state index < -0.39 is 23.0 Å². The molecule has 0 spiro atoms. The third kappa shape index (κ3) is 6.45. The molecule has 0 aliphatic rings. The average molecular weight is 595 g/mol. The fourth-order valence-corrected chi connectivity index (χ4v) is 5.95. The van der Waals surface area contributed by atoms with Gasteiger partial charge < -0.3 is 14.2 Å². The lowest BCUT2D eigenvalue weighted by atomic mass is 9.89. The van der Waals surface area contributed by atoms with Gasteiger partial charge in [0.25, 0.3) is 0 Å². The first-order valence-electron chi connectivity index (χ1n) is 14.4. The van der Waals surface area contributed by atoms with E-state index in [9.17, 15) is 9.59 Å². The van der Waals surface area contributed by atoms with E-state index in [1.165, 1.54) is 4.70 Å². The van der Waals surface area contributed by atoms with Crippen LogP contribution < -0.4 is 4.74 Å². The van der Waals surface area contributed by atoms with Gasteiger partial charge >= 0.3 is 11.9 Å². The molecule has 0 N–H and O–H groups in total. The molecule has 2 atom stereocenters. The standard InChI is InChI=1S/C37H38O5S/c1-36(2,3)34(38)41-32(23-16-19-25(40-7)20-17-23)27-13-8-9-14-28(27)33(42-35(39)37(4,5)6)24-18-21-31-29(22-24)26-12-10-11-15-30(26)43-31/h8-22,32-33H,1-7H3. The molecule has 4 aromatic carbocycles. The van der Waals surface area contributed by atoms with Crippen molar-refractivity contribution in [1.82, 2.24) is 0 Å². The van der Waals surface area contributed by atoms with Crippen molar-refractivity contribution in [2.75, 3.05) is 7.11 Å². The molecule has 0 aliphatic carbocycles. The van der Waals surface area contributed by atoms with Crippen LogP contribution in [0.3, 0.4) is 0 Å².